The van der Waals surface area contributed by atoms with Gasteiger partial charge in [0.15, 0.2) is 5.78 Å². The zero-order valence-corrected chi connectivity index (χ0v) is 13.4. The predicted molar refractivity (Wildman–Crippen MR) is 92.0 cm³/mol. The van der Waals surface area contributed by atoms with Gasteiger partial charge >= 0.3 is 0 Å². The summed E-state index contributed by atoms with van der Waals surface area (Å²) in [5.74, 6) is -0.725. The number of hydrogen-bond acceptors (Lipinski definition) is 3. The van der Waals surface area contributed by atoms with Crippen molar-refractivity contribution in [1.29, 1.82) is 0 Å². The number of para-hydroxylation sites is 1. The van der Waals surface area contributed by atoms with Crippen molar-refractivity contribution in [3.8, 4) is 0 Å². The highest BCUT2D eigenvalue weighted by atomic mass is 16.2. The molecule has 2 amide bonds. The molecule has 0 saturated carbocycles. The van der Waals surface area contributed by atoms with Crippen molar-refractivity contribution in [2.75, 3.05) is 16.8 Å². The van der Waals surface area contributed by atoms with Gasteiger partial charge in [-0.2, -0.15) is 0 Å². The molecule has 1 aliphatic rings. The van der Waals surface area contributed by atoms with Crippen molar-refractivity contribution < 1.29 is 14.4 Å². The van der Waals surface area contributed by atoms with Crippen LogP contribution in [0.1, 0.15) is 23.7 Å². The van der Waals surface area contributed by atoms with Crippen molar-refractivity contribution in [1.82, 2.24) is 0 Å². The number of amides is 2. The summed E-state index contributed by atoms with van der Waals surface area (Å²) in [6.07, 6.45) is 0.188. The Morgan fingerprint density at radius 3 is 2.54 bits per heavy atom. The minimum absolute atomic E-state index is 0.0566. The van der Waals surface area contributed by atoms with E-state index in [-0.39, 0.29) is 24.0 Å². The maximum Gasteiger partial charge on any atom is 0.229 e. The van der Waals surface area contributed by atoms with Crippen molar-refractivity contribution in [3.05, 3.63) is 60.2 Å². The lowest BCUT2D eigenvalue weighted by atomic mass is 10.1. The molecule has 3 rings (SSSR count). The van der Waals surface area contributed by atoms with E-state index >= 15 is 0 Å². The zero-order chi connectivity index (χ0) is 17.1. The van der Waals surface area contributed by atoms with Gasteiger partial charge in [0.2, 0.25) is 11.8 Å². The first kappa shape index (κ1) is 15.9. The monoisotopic (exact) mass is 322 g/mol. The van der Waals surface area contributed by atoms with Gasteiger partial charge in [0.05, 0.1) is 5.92 Å². The Morgan fingerprint density at radius 1 is 1.08 bits per heavy atom. The van der Waals surface area contributed by atoms with Crippen molar-refractivity contribution in [3.63, 3.8) is 0 Å². The largest absolute Gasteiger partial charge is 0.326 e. The highest BCUT2D eigenvalue weighted by Crippen LogP contribution is 2.25. The molecule has 0 radical (unpaired) electrons. The van der Waals surface area contributed by atoms with Crippen LogP contribution in [0.3, 0.4) is 0 Å². The molecule has 0 spiro atoms. The van der Waals surface area contributed by atoms with Gasteiger partial charge < -0.3 is 10.2 Å². The number of benzene rings is 2. The van der Waals surface area contributed by atoms with Gasteiger partial charge in [-0.1, -0.05) is 30.3 Å². The molecule has 1 N–H and O–H groups in total. The summed E-state index contributed by atoms with van der Waals surface area (Å²) in [7, 11) is 0. The highest BCUT2D eigenvalue weighted by molar-refractivity contribution is 6.04. The maximum absolute atomic E-state index is 12.4. The molecule has 1 unspecified atom stereocenters. The molecule has 0 aromatic heterocycles. The molecule has 1 heterocycles. The van der Waals surface area contributed by atoms with Crippen LogP contribution in [-0.4, -0.2) is 24.1 Å². The van der Waals surface area contributed by atoms with E-state index in [4.69, 9.17) is 0 Å². The summed E-state index contributed by atoms with van der Waals surface area (Å²) in [6.45, 7) is 1.84. The van der Waals surface area contributed by atoms with Crippen LogP contribution < -0.4 is 10.2 Å². The maximum atomic E-state index is 12.4. The second kappa shape index (κ2) is 6.66. The number of carbonyl (C=O) groups excluding carboxylic acids is 3. The van der Waals surface area contributed by atoms with Gasteiger partial charge in [0.25, 0.3) is 0 Å². The van der Waals surface area contributed by atoms with Gasteiger partial charge in [-0.05, 0) is 31.2 Å². The Bertz CT molecular complexity index is 786. The quantitative estimate of drug-likeness (QED) is 0.880. The second-order valence-corrected chi connectivity index (χ2v) is 5.87. The summed E-state index contributed by atoms with van der Waals surface area (Å²) in [5, 5.41) is 2.80. The van der Waals surface area contributed by atoms with E-state index < -0.39 is 5.92 Å². The molecule has 122 valence electrons. The van der Waals surface area contributed by atoms with Crippen LogP contribution in [-0.2, 0) is 9.59 Å². The zero-order valence-electron chi connectivity index (χ0n) is 13.4. The van der Waals surface area contributed by atoms with Gasteiger partial charge in [-0.25, -0.2) is 0 Å². The Morgan fingerprint density at radius 2 is 1.83 bits per heavy atom. The van der Waals surface area contributed by atoms with E-state index in [0.29, 0.717) is 17.8 Å². The average molecular weight is 322 g/mol. The molecule has 1 aliphatic heterocycles. The fraction of sp³-hybridized carbons (Fsp3) is 0.211. The number of anilines is 2. The van der Waals surface area contributed by atoms with Gasteiger partial charge in [-0.15, -0.1) is 0 Å². The standard InChI is InChI=1S/C19H18N2O3/c1-13(22)14-6-5-7-16(10-14)20-19(24)15-11-18(23)21(12-15)17-8-3-2-4-9-17/h2-10,15H,11-12H2,1H3,(H,20,24). The number of Topliss-reactive ketones (excluding diaryl/α,β-unsaturated/α-hetero) is 1. The van der Waals surface area contributed by atoms with Crippen LogP contribution >= 0.6 is 0 Å². The molecular formula is C19H18N2O3. The first-order valence-corrected chi connectivity index (χ1v) is 7.82. The molecule has 2 aromatic rings. The summed E-state index contributed by atoms with van der Waals surface area (Å²) in [6, 6.07) is 16.1. The minimum Gasteiger partial charge on any atom is -0.326 e. The van der Waals surface area contributed by atoms with E-state index in [1.165, 1.54) is 6.92 Å². The van der Waals surface area contributed by atoms with Crippen molar-refractivity contribution in [2.45, 2.75) is 13.3 Å². The molecule has 0 aliphatic carbocycles. The van der Waals surface area contributed by atoms with E-state index in [2.05, 4.69) is 5.32 Å². The Hall–Kier alpha value is -2.95. The third-order valence-corrected chi connectivity index (χ3v) is 4.10. The van der Waals surface area contributed by atoms with E-state index in [9.17, 15) is 14.4 Å². The highest BCUT2D eigenvalue weighted by Gasteiger charge is 2.35. The summed E-state index contributed by atoms with van der Waals surface area (Å²) < 4.78 is 0. The Balaban J connectivity index is 1.69. The molecule has 1 saturated heterocycles. The van der Waals surface area contributed by atoms with Crippen molar-refractivity contribution in [2.24, 2.45) is 5.92 Å². The van der Waals surface area contributed by atoms with Crippen LogP contribution in [0.4, 0.5) is 11.4 Å². The predicted octanol–water partition coefficient (Wildman–Crippen LogP) is 2.88. The summed E-state index contributed by atoms with van der Waals surface area (Å²) >= 11 is 0. The van der Waals surface area contributed by atoms with Crippen molar-refractivity contribution >= 4 is 29.0 Å². The number of hydrogen-bond donors (Lipinski definition) is 1. The van der Waals surface area contributed by atoms with Gasteiger partial charge in [0.1, 0.15) is 0 Å². The summed E-state index contributed by atoms with van der Waals surface area (Å²) in [5.41, 5.74) is 1.91. The second-order valence-electron chi connectivity index (χ2n) is 5.87. The molecule has 1 fully saturated rings. The molecular weight excluding hydrogens is 304 g/mol. The molecule has 5 heteroatoms. The normalized spacial score (nSPS) is 17.0. The Labute approximate surface area is 140 Å². The van der Waals surface area contributed by atoms with E-state index in [1.54, 1.807) is 29.2 Å². The minimum atomic E-state index is -0.404. The first-order valence-electron chi connectivity index (χ1n) is 7.82. The fourth-order valence-electron chi connectivity index (χ4n) is 2.80. The molecule has 5 nitrogen and oxygen atoms in total. The van der Waals surface area contributed by atoms with E-state index in [0.717, 1.165) is 5.69 Å². The number of nitrogens with zero attached hydrogens (tertiary/aromatic N) is 1. The third kappa shape index (κ3) is 3.35. The third-order valence-electron chi connectivity index (χ3n) is 4.10. The van der Waals surface area contributed by atoms with Crippen LogP contribution in [0.5, 0.6) is 0 Å². The van der Waals surface area contributed by atoms with Crippen LogP contribution in [0.15, 0.2) is 54.6 Å². The topological polar surface area (TPSA) is 66.5 Å². The van der Waals surface area contributed by atoms with E-state index in [1.807, 2.05) is 30.3 Å². The van der Waals surface area contributed by atoms with Gasteiger partial charge in [0, 0.05) is 29.9 Å². The number of ketones is 1. The lowest BCUT2D eigenvalue weighted by Gasteiger charge is -2.16. The number of rotatable bonds is 4. The molecule has 2 aromatic carbocycles. The lowest BCUT2D eigenvalue weighted by molar-refractivity contribution is -0.122. The van der Waals surface area contributed by atoms with Gasteiger partial charge in [-0.3, -0.25) is 14.4 Å². The Kier molecular flexibility index (Phi) is 4.42. The molecule has 1 atom stereocenters. The smallest absolute Gasteiger partial charge is 0.229 e. The lowest BCUT2D eigenvalue weighted by Crippen LogP contribution is -2.28. The SMILES string of the molecule is CC(=O)c1cccc(NC(=O)C2CC(=O)N(c3ccccc3)C2)c1. The summed E-state index contributed by atoms with van der Waals surface area (Å²) in [4.78, 5) is 37.7. The first-order chi connectivity index (χ1) is 11.5. The van der Waals surface area contributed by atoms with Crippen LogP contribution in [0.25, 0.3) is 0 Å². The van der Waals surface area contributed by atoms with Crippen LogP contribution in [0.2, 0.25) is 0 Å². The fourth-order valence-corrected chi connectivity index (χ4v) is 2.80. The van der Waals surface area contributed by atoms with Crippen LogP contribution in [0, 0.1) is 5.92 Å². The average Bonchev–Trinajstić information content (AvgIpc) is 2.98. The molecule has 0 bridgehead atoms. The molecule has 24 heavy (non-hydrogen) atoms. The number of carbonyl (C=O) groups is 3. The number of nitrogens with one attached hydrogen (secondary N) is 1.